The molecule has 0 aliphatic carbocycles. The maximum Gasteiger partial charge on any atom is 0.303 e. The van der Waals surface area contributed by atoms with Crippen molar-refractivity contribution in [1.29, 1.82) is 5.26 Å². The van der Waals surface area contributed by atoms with Crippen LogP contribution in [0.5, 0.6) is 0 Å². The number of nitrogens with two attached hydrogens (primary N) is 1. The van der Waals surface area contributed by atoms with E-state index >= 15 is 0 Å². The van der Waals surface area contributed by atoms with Gasteiger partial charge in [-0.2, -0.15) is 5.26 Å². The minimum atomic E-state index is -0.656. The van der Waals surface area contributed by atoms with Gasteiger partial charge in [-0.3, -0.25) is 14.2 Å². The molecule has 2 aromatic rings. The standard InChI is InChI=1S/C16H16BrN5O5/c1-7(23)25-5-11-10(26-8(2)24)3-12(27-11)22-14(17)9(4-18)13-15(19)20-6-21-16(13)22/h6,10-12H,3,5H2,1-2H3,(H2,19,20,21)/t10-,11+,12+/m0/s1. The maximum atomic E-state index is 11.4. The Balaban J connectivity index is 2.00. The predicted molar refractivity (Wildman–Crippen MR) is 95.1 cm³/mol. The van der Waals surface area contributed by atoms with Gasteiger partial charge in [0, 0.05) is 20.3 Å². The van der Waals surface area contributed by atoms with Crippen molar-refractivity contribution in [3.63, 3.8) is 0 Å². The molecule has 0 amide bonds. The molecule has 0 saturated carbocycles. The Morgan fingerprint density at radius 2 is 2.19 bits per heavy atom. The second kappa shape index (κ2) is 7.50. The summed E-state index contributed by atoms with van der Waals surface area (Å²) < 4.78 is 18.4. The fraction of sp³-hybridized carbons (Fsp3) is 0.438. The molecule has 0 unspecified atom stereocenters. The van der Waals surface area contributed by atoms with E-state index < -0.39 is 30.4 Å². The van der Waals surface area contributed by atoms with Crippen molar-refractivity contribution in [3.05, 3.63) is 16.5 Å². The molecular weight excluding hydrogens is 422 g/mol. The highest BCUT2D eigenvalue weighted by molar-refractivity contribution is 9.10. The van der Waals surface area contributed by atoms with Crippen molar-refractivity contribution < 1.29 is 23.8 Å². The number of hydrogen-bond acceptors (Lipinski definition) is 9. The summed E-state index contributed by atoms with van der Waals surface area (Å²) in [4.78, 5) is 30.7. The number of ether oxygens (including phenoxy) is 3. The van der Waals surface area contributed by atoms with E-state index in [9.17, 15) is 14.9 Å². The van der Waals surface area contributed by atoms with Gasteiger partial charge in [0.25, 0.3) is 0 Å². The smallest absolute Gasteiger partial charge is 0.303 e. The second-order valence-electron chi connectivity index (χ2n) is 5.92. The molecule has 0 bridgehead atoms. The Morgan fingerprint density at radius 1 is 1.44 bits per heavy atom. The third kappa shape index (κ3) is 3.58. The summed E-state index contributed by atoms with van der Waals surface area (Å²) in [5, 5.41) is 9.90. The van der Waals surface area contributed by atoms with Crippen LogP contribution in [-0.4, -0.2) is 45.3 Å². The van der Waals surface area contributed by atoms with E-state index in [1.54, 1.807) is 4.57 Å². The lowest BCUT2D eigenvalue weighted by Crippen LogP contribution is -2.31. The van der Waals surface area contributed by atoms with Crippen LogP contribution < -0.4 is 5.73 Å². The first-order valence-electron chi connectivity index (χ1n) is 7.99. The number of fused-ring (bicyclic) bond motifs is 1. The third-order valence-electron chi connectivity index (χ3n) is 4.10. The predicted octanol–water partition coefficient (Wildman–Crippen LogP) is 1.43. The Kier molecular flexibility index (Phi) is 5.29. The lowest BCUT2D eigenvalue weighted by molar-refractivity contribution is -0.155. The number of halogens is 1. The van der Waals surface area contributed by atoms with Gasteiger partial charge >= 0.3 is 11.9 Å². The van der Waals surface area contributed by atoms with Crippen LogP contribution in [0.4, 0.5) is 5.82 Å². The monoisotopic (exact) mass is 437 g/mol. The minimum absolute atomic E-state index is 0.0666. The number of anilines is 1. The summed E-state index contributed by atoms with van der Waals surface area (Å²) in [6.45, 7) is 2.50. The highest BCUT2D eigenvalue weighted by Crippen LogP contribution is 2.39. The Morgan fingerprint density at radius 3 is 2.81 bits per heavy atom. The molecule has 3 heterocycles. The summed E-state index contributed by atoms with van der Waals surface area (Å²) in [6.07, 6.45) is -0.333. The van der Waals surface area contributed by atoms with Crippen LogP contribution in [0.15, 0.2) is 10.9 Å². The number of nitriles is 1. The summed E-state index contributed by atoms with van der Waals surface area (Å²) in [7, 11) is 0. The number of nitrogens with zero attached hydrogens (tertiary/aromatic N) is 4. The molecule has 11 heteroatoms. The Bertz CT molecular complexity index is 953. The van der Waals surface area contributed by atoms with Crippen molar-refractivity contribution in [2.45, 2.75) is 38.7 Å². The highest BCUT2D eigenvalue weighted by atomic mass is 79.9. The molecular formula is C16H16BrN5O5. The van der Waals surface area contributed by atoms with E-state index in [0.29, 0.717) is 15.6 Å². The average molecular weight is 438 g/mol. The van der Waals surface area contributed by atoms with Gasteiger partial charge in [-0.05, 0) is 15.9 Å². The molecule has 1 aliphatic heterocycles. The number of esters is 2. The lowest BCUT2D eigenvalue weighted by atomic mass is 10.2. The van der Waals surface area contributed by atoms with Gasteiger partial charge in [0.15, 0.2) is 0 Å². The van der Waals surface area contributed by atoms with Gasteiger partial charge < -0.3 is 19.9 Å². The molecule has 0 radical (unpaired) electrons. The number of aromatic nitrogens is 3. The van der Waals surface area contributed by atoms with Crippen LogP contribution in [0.25, 0.3) is 11.0 Å². The molecule has 3 rings (SSSR count). The normalized spacial score (nSPS) is 21.8. The molecule has 1 aliphatic rings. The number of carbonyl (C=O) groups excluding carboxylic acids is 2. The number of carbonyl (C=O) groups is 2. The molecule has 2 aromatic heterocycles. The van der Waals surface area contributed by atoms with E-state index in [0.717, 1.165) is 0 Å². The molecule has 3 atom stereocenters. The van der Waals surface area contributed by atoms with Crippen molar-refractivity contribution in [3.8, 4) is 6.07 Å². The first-order chi connectivity index (χ1) is 12.8. The van der Waals surface area contributed by atoms with E-state index in [2.05, 4.69) is 32.0 Å². The first kappa shape index (κ1) is 19.1. The summed E-state index contributed by atoms with van der Waals surface area (Å²) in [5.74, 6) is -0.775. The maximum absolute atomic E-state index is 11.4. The third-order valence-corrected chi connectivity index (χ3v) is 4.88. The Labute approximate surface area is 162 Å². The van der Waals surface area contributed by atoms with Gasteiger partial charge in [-0.1, -0.05) is 0 Å². The van der Waals surface area contributed by atoms with E-state index in [1.807, 2.05) is 0 Å². The largest absolute Gasteiger partial charge is 0.463 e. The lowest BCUT2D eigenvalue weighted by Gasteiger charge is -2.18. The van der Waals surface area contributed by atoms with Gasteiger partial charge in [0.1, 0.15) is 53.5 Å². The van der Waals surface area contributed by atoms with Crippen molar-refractivity contribution in [1.82, 2.24) is 14.5 Å². The van der Waals surface area contributed by atoms with E-state index in [-0.39, 0.29) is 24.4 Å². The fourth-order valence-corrected chi connectivity index (χ4v) is 3.72. The van der Waals surface area contributed by atoms with E-state index in [1.165, 1.54) is 20.2 Å². The van der Waals surface area contributed by atoms with Crippen LogP contribution in [0.3, 0.4) is 0 Å². The summed E-state index contributed by atoms with van der Waals surface area (Å²) >= 11 is 3.40. The zero-order valence-electron chi connectivity index (χ0n) is 14.5. The highest BCUT2D eigenvalue weighted by Gasteiger charge is 2.41. The summed E-state index contributed by atoms with van der Waals surface area (Å²) in [5.41, 5.74) is 6.60. The van der Waals surface area contributed by atoms with E-state index in [4.69, 9.17) is 19.9 Å². The molecule has 142 valence electrons. The van der Waals surface area contributed by atoms with Crippen LogP contribution in [-0.2, 0) is 23.8 Å². The zero-order chi connectivity index (χ0) is 19.7. The van der Waals surface area contributed by atoms with Crippen molar-refractivity contribution in [2.24, 2.45) is 0 Å². The van der Waals surface area contributed by atoms with Crippen LogP contribution >= 0.6 is 15.9 Å². The fourth-order valence-electron chi connectivity index (χ4n) is 3.04. The number of hydrogen-bond donors (Lipinski definition) is 1. The van der Waals surface area contributed by atoms with Crippen molar-refractivity contribution >= 4 is 44.7 Å². The topological polar surface area (TPSA) is 142 Å². The molecule has 27 heavy (non-hydrogen) atoms. The SMILES string of the molecule is CC(=O)OC[C@H]1O[C@@H](n2c(Br)c(C#N)c3c(N)ncnc32)C[C@@H]1OC(C)=O. The second-order valence-corrected chi connectivity index (χ2v) is 6.67. The minimum Gasteiger partial charge on any atom is -0.463 e. The van der Waals surface area contributed by atoms with Gasteiger partial charge in [0.2, 0.25) is 0 Å². The van der Waals surface area contributed by atoms with Crippen LogP contribution in [0.1, 0.15) is 32.1 Å². The molecule has 2 N–H and O–H groups in total. The van der Waals surface area contributed by atoms with Crippen LogP contribution in [0.2, 0.25) is 0 Å². The van der Waals surface area contributed by atoms with Crippen LogP contribution in [0, 0.1) is 11.3 Å². The zero-order valence-corrected chi connectivity index (χ0v) is 16.1. The number of rotatable bonds is 4. The molecule has 1 fully saturated rings. The molecule has 1 saturated heterocycles. The Hall–Kier alpha value is -2.71. The summed E-state index contributed by atoms with van der Waals surface area (Å²) in [6, 6.07) is 2.08. The molecule has 0 aromatic carbocycles. The number of nitrogen functional groups attached to an aromatic ring is 1. The van der Waals surface area contributed by atoms with Gasteiger partial charge in [-0.25, -0.2) is 9.97 Å². The van der Waals surface area contributed by atoms with Gasteiger partial charge in [-0.15, -0.1) is 0 Å². The van der Waals surface area contributed by atoms with Gasteiger partial charge in [0.05, 0.1) is 10.9 Å². The first-order valence-corrected chi connectivity index (χ1v) is 8.78. The van der Waals surface area contributed by atoms with Crippen molar-refractivity contribution in [2.75, 3.05) is 12.3 Å². The molecule has 0 spiro atoms. The average Bonchev–Trinajstić information content (AvgIpc) is 3.10. The quantitative estimate of drug-likeness (QED) is 0.702. The molecule has 10 nitrogen and oxygen atoms in total.